The molecule has 0 saturated heterocycles. The Hall–Kier alpha value is -2.22. The predicted molar refractivity (Wildman–Crippen MR) is 118 cm³/mol. The highest BCUT2D eigenvalue weighted by Crippen LogP contribution is 2.29. The number of aromatic nitrogens is 3. The number of benzene rings is 1. The molecule has 0 unspecified atom stereocenters. The van der Waals surface area contributed by atoms with Gasteiger partial charge in [-0.3, -0.25) is 4.79 Å². The van der Waals surface area contributed by atoms with Crippen molar-refractivity contribution in [3.8, 4) is 11.5 Å². The molecule has 0 radical (unpaired) electrons. The van der Waals surface area contributed by atoms with Crippen LogP contribution in [0.4, 0.5) is 0 Å². The van der Waals surface area contributed by atoms with Crippen LogP contribution in [-0.2, 0) is 18.4 Å². The maximum atomic E-state index is 12.4. The van der Waals surface area contributed by atoms with E-state index in [9.17, 15) is 4.79 Å². The van der Waals surface area contributed by atoms with Crippen LogP contribution in [0.2, 0.25) is 0 Å². The van der Waals surface area contributed by atoms with Gasteiger partial charge in [0.05, 0.1) is 12.4 Å². The van der Waals surface area contributed by atoms with E-state index in [2.05, 4.69) is 22.4 Å². The highest BCUT2D eigenvalue weighted by molar-refractivity contribution is 7.99. The zero-order valence-corrected chi connectivity index (χ0v) is 19.1. The predicted octanol–water partition coefficient (Wildman–Crippen LogP) is 3.89. The van der Waals surface area contributed by atoms with Crippen molar-refractivity contribution in [3.05, 3.63) is 29.6 Å². The number of nitrogens with one attached hydrogen (secondary N) is 1. The fourth-order valence-corrected chi connectivity index (χ4v) is 4.39. The summed E-state index contributed by atoms with van der Waals surface area (Å²) in [6.07, 6.45) is 4.73. The highest BCUT2D eigenvalue weighted by Gasteiger charge is 2.23. The molecule has 30 heavy (non-hydrogen) atoms. The van der Waals surface area contributed by atoms with Crippen molar-refractivity contribution in [2.75, 3.05) is 12.4 Å². The number of nitrogens with zero attached hydrogens (tertiary/aromatic N) is 3. The van der Waals surface area contributed by atoms with Crippen LogP contribution in [0.15, 0.2) is 23.4 Å². The molecule has 1 N–H and O–H groups in total. The molecule has 1 aliphatic rings. The summed E-state index contributed by atoms with van der Waals surface area (Å²) >= 11 is 1.40. The molecular formula is C22H32N4O3S. The fraction of sp³-hybridized carbons (Fsp3) is 0.591. The van der Waals surface area contributed by atoms with Crippen LogP contribution in [0, 0.1) is 12.8 Å². The van der Waals surface area contributed by atoms with Gasteiger partial charge in [0.2, 0.25) is 5.91 Å². The second kappa shape index (κ2) is 10.7. The maximum Gasteiger partial charge on any atom is 0.230 e. The SMILES string of the molecule is CCOc1cc(C)ccc1OCc1nnc(SCC(=O)N[C@@H]2CCCC[C@H]2C)n1C. The number of carbonyl (C=O) groups excluding carboxylic acids is 1. The second-order valence-electron chi connectivity index (χ2n) is 7.85. The molecule has 1 saturated carbocycles. The van der Waals surface area contributed by atoms with E-state index in [1.807, 2.05) is 43.7 Å². The van der Waals surface area contributed by atoms with E-state index in [0.29, 0.717) is 41.0 Å². The molecule has 2 atom stereocenters. The van der Waals surface area contributed by atoms with Gasteiger partial charge in [-0.2, -0.15) is 0 Å². The number of hydrogen-bond acceptors (Lipinski definition) is 6. The quantitative estimate of drug-likeness (QED) is 0.606. The molecule has 1 heterocycles. The summed E-state index contributed by atoms with van der Waals surface area (Å²) in [5.41, 5.74) is 1.11. The number of hydrogen-bond donors (Lipinski definition) is 1. The lowest BCUT2D eigenvalue weighted by Crippen LogP contribution is -2.41. The van der Waals surface area contributed by atoms with Crippen molar-refractivity contribution in [1.29, 1.82) is 0 Å². The van der Waals surface area contributed by atoms with Crippen molar-refractivity contribution >= 4 is 17.7 Å². The monoisotopic (exact) mass is 432 g/mol. The Kier molecular flexibility index (Phi) is 8.01. The number of carbonyl (C=O) groups is 1. The van der Waals surface area contributed by atoms with Crippen molar-refractivity contribution in [2.24, 2.45) is 13.0 Å². The van der Waals surface area contributed by atoms with E-state index in [0.717, 1.165) is 17.7 Å². The number of rotatable bonds is 9. The average Bonchev–Trinajstić information content (AvgIpc) is 3.07. The molecule has 0 aliphatic heterocycles. The van der Waals surface area contributed by atoms with E-state index >= 15 is 0 Å². The largest absolute Gasteiger partial charge is 0.490 e. The average molecular weight is 433 g/mol. The molecule has 164 valence electrons. The van der Waals surface area contributed by atoms with Crippen molar-refractivity contribution in [3.63, 3.8) is 0 Å². The van der Waals surface area contributed by atoms with Crippen LogP contribution in [-0.4, -0.2) is 39.1 Å². The lowest BCUT2D eigenvalue weighted by molar-refractivity contribution is -0.119. The van der Waals surface area contributed by atoms with Crippen LogP contribution in [0.3, 0.4) is 0 Å². The minimum Gasteiger partial charge on any atom is -0.490 e. The van der Waals surface area contributed by atoms with E-state index in [1.165, 1.54) is 31.0 Å². The third-order valence-corrected chi connectivity index (χ3v) is 6.49. The Bertz CT molecular complexity index is 855. The van der Waals surface area contributed by atoms with Crippen LogP contribution in [0.5, 0.6) is 11.5 Å². The molecule has 2 aromatic rings. The first-order valence-electron chi connectivity index (χ1n) is 10.6. The summed E-state index contributed by atoms with van der Waals surface area (Å²) < 4.78 is 13.5. The highest BCUT2D eigenvalue weighted by atomic mass is 32.2. The Morgan fingerprint density at radius 2 is 2.03 bits per heavy atom. The summed E-state index contributed by atoms with van der Waals surface area (Å²) in [7, 11) is 1.89. The maximum absolute atomic E-state index is 12.4. The van der Waals surface area contributed by atoms with Gasteiger partial charge in [-0.25, -0.2) is 0 Å². The summed E-state index contributed by atoms with van der Waals surface area (Å²) in [4.78, 5) is 12.4. The minimum atomic E-state index is 0.0561. The first-order chi connectivity index (χ1) is 14.5. The number of thioether (sulfide) groups is 1. The van der Waals surface area contributed by atoms with E-state index in [1.54, 1.807) is 0 Å². The summed E-state index contributed by atoms with van der Waals surface area (Å²) in [6.45, 7) is 7.04. The molecule has 0 bridgehead atoms. The third kappa shape index (κ3) is 5.90. The smallest absolute Gasteiger partial charge is 0.230 e. The Balaban J connectivity index is 1.53. The first kappa shape index (κ1) is 22.5. The summed E-state index contributed by atoms with van der Waals surface area (Å²) in [5, 5.41) is 12.3. The Labute approximate surface area is 182 Å². The zero-order chi connectivity index (χ0) is 21.5. The lowest BCUT2D eigenvalue weighted by Gasteiger charge is -2.29. The molecular weight excluding hydrogens is 400 g/mol. The van der Waals surface area contributed by atoms with Crippen LogP contribution >= 0.6 is 11.8 Å². The summed E-state index contributed by atoms with van der Waals surface area (Å²) in [5.74, 6) is 3.04. The molecule has 1 aliphatic carbocycles. The molecule has 1 fully saturated rings. The molecule has 7 nitrogen and oxygen atoms in total. The number of ether oxygens (including phenoxy) is 2. The Morgan fingerprint density at radius 1 is 1.23 bits per heavy atom. The lowest BCUT2D eigenvalue weighted by atomic mass is 9.86. The van der Waals surface area contributed by atoms with E-state index in [4.69, 9.17) is 9.47 Å². The fourth-order valence-electron chi connectivity index (χ4n) is 3.65. The van der Waals surface area contributed by atoms with Gasteiger partial charge in [0.1, 0.15) is 6.61 Å². The van der Waals surface area contributed by atoms with Gasteiger partial charge in [0, 0.05) is 13.1 Å². The standard InChI is InChI=1S/C22H32N4O3S/c1-5-28-19-12-15(2)10-11-18(19)29-13-20-24-25-22(26(20)4)30-14-21(27)23-17-9-7-6-8-16(17)3/h10-12,16-17H,5-9,13-14H2,1-4H3,(H,23,27)/t16-,17-/m1/s1. The molecule has 0 spiro atoms. The molecule has 1 amide bonds. The van der Waals surface area contributed by atoms with Gasteiger partial charge in [-0.05, 0) is 50.3 Å². The zero-order valence-electron chi connectivity index (χ0n) is 18.3. The van der Waals surface area contributed by atoms with Crippen molar-refractivity contribution in [2.45, 2.75) is 64.3 Å². The van der Waals surface area contributed by atoms with Crippen LogP contribution < -0.4 is 14.8 Å². The van der Waals surface area contributed by atoms with Gasteiger partial charge in [-0.1, -0.05) is 37.6 Å². The van der Waals surface area contributed by atoms with Gasteiger partial charge in [0.25, 0.3) is 0 Å². The van der Waals surface area contributed by atoms with Crippen molar-refractivity contribution in [1.82, 2.24) is 20.1 Å². The Morgan fingerprint density at radius 3 is 2.80 bits per heavy atom. The van der Waals surface area contributed by atoms with Gasteiger partial charge < -0.3 is 19.4 Å². The molecule has 1 aromatic heterocycles. The topological polar surface area (TPSA) is 78.3 Å². The van der Waals surface area contributed by atoms with Gasteiger partial charge in [-0.15, -0.1) is 10.2 Å². The molecule has 3 rings (SSSR count). The van der Waals surface area contributed by atoms with Crippen molar-refractivity contribution < 1.29 is 14.3 Å². The first-order valence-corrected chi connectivity index (χ1v) is 11.6. The second-order valence-corrected chi connectivity index (χ2v) is 8.80. The summed E-state index contributed by atoms with van der Waals surface area (Å²) in [6, 6.07) is 6.15. The van der Waals surface area contributed by atoms with Gasteiger partial charge in [0.15, 0.2) is 22.5 Å². The molecule has 1 aromatic carbocycles. The third-order valence-electron chi connectivity index (χ3n) is 5.47. The van der Waals surface area contributed by atoms with Crippen LogP contribution in [0.1, 0.15) is 50.9 Å². The van der Waals surface area contributed by atoms with Gasteiger partial charge >= 0.3 is 0 Å². The van der Waals surface area contributed by atoms with Crippen LogP contribution in [0.25, 0.3) is 0 Å². The van der Waals surface area contributed by atoms with E-state index in [-0.39, 0.29) is 12.5 Å². The number of aryl methyl sites for hydroxylation is 1. The number of amides is 1. The molecule has 8 heteroatoms. The minimum absolute atomic E-state index is 0.0561. The van der Waals surface area contributed by atoms with E-state index < -0.39 is 0 Å². The normalized spacial score (nSPS) is 18.8.